The van der Waals surface area contributed by atoms with E-state index in [1.165, 1.54) is 12.1 Å². The van der Waals surface area contributed by atoms with Gasteiger partial charge in [0.05, 0.1) is 17.7 Å². The van der Waals surface area contributed by atoms with Gasteiger partial charge in [-0.15, -0.1) is 0 Å². The Balaban J connectivity index is 2.00. The fourth-order valence-electron chi connectivity index (χ4n) is 3.79. The lowest BCUT2D eigenvalue weighted by atomic mass is 9.92. The van der Waals surface area contributed by atoms with Crippen LogP contribution in [0.3, 0.4) is 0 Å². The van der Waals surface area contributed by atoms with Crippen molar-refractivity contribution in [1.82, 2.24) is 0 Å². The van der Waals surface area contributed by atoms with Crippen LogP contribution in [-0.2, 0) is 14.8 Å². The summed E-state index contributed by atoms with van der Waals surface area (Å²) in [4.78, 5) is 13.4. The van der Waals surface area contributed by atoms with E-state index in [0.29, 0.717) is 11.4 Å². The van der Waals surface area contributed by atoms with Gasteiger partial charge < -0.3 is 10.1 Å². The molecule has 0 saturated heterocycles. The molecule has 1 N–H and O–H groups in total. The Bertz CT molecular complexity index is 1190. The SMILES string of the molecule is COc1ccc(N(CC(=O)Nc2c(C(C)C)cccc2C(C)C)S(=O)(=O)c2ccccc2)cc1. The summed E-state index contributed by atoms with van der Waals surface area (Å²) in [6, 6.07) is 20.7. The van der Waals surface area contributed by atoms with Crippen LogP contribution in [0.15, 0.2) is 77.7 Å². The Morgan fingerprint density at radius 1 is 0.853 bits per heavy atom. The van der Waals surface area contributed by atoms with Gasteiger partial charge in [0.15, 0.2) is 0 Å². The van der Waals surface area contributed by atoms with E-state index >= 15 is 0 Å². The van der Waals surface area contributed by atoms with Crippen molar-refractivity contribution in [2.45, 2.75) is 44.4 Å². The van der Waals surface area contributed by atoms with Crippen molar-refractivity contribution in [3.63, 3.8) is 0 Å². The number of rotatable bonds is 9. The zero-order valence-electron chi connectivity index (χ0n) is 20.3. The van der Waals surface area contributed by atoms with Crippen LogP contribution in [-0.4, -0.2) is 28.0 Å². The van der Waals surface area contributed by atoms with Gasteiger partial charge in [-0.25, -0.2) is 8.42 Å². The standard InChI is InChI=1S/C27H32N2O4S/c1-19(2)24-12-9-13-25(20(3)4)27(24)28-26(30)18-29(21-14-16-22(33-5)17-15-21)34(31,32)23-10-7-6-8-11-23/h6-17,19-20H,18H2,1-5H3,(H,28,30). The molecule has 0 heterocycles. The third-order valence-electron chi connectivity index (χ3n) is 5.62. The second kappa shape index (κ2) is 10.7. The lowest BCUT2D eigenvalue weighted by Gasteiger charge is -2.25. The molecule has 6 nitrogen and oxygen atoms in total. The quantitative estimate of drug-likeness (QED) is 0.421. The second-order valence-electron chi connectivity index (χ2n) is 8.69. The Hall–Kier alpha value is -3.32. The molecule has 0 aliphatic rings. The van der Waals surface area contributed by atoms with Crippen molar-refractivity contribution >= 4 is 27.3 Å². The third-order valence-corrected chi connectivity index (χ3v) is 7.40. The first-order valence-corrected chi connectivity index (χ1v) is 12.7. The van der Waals surface area contributed by atoms with Gasteiger partial charge in [-0.3, -0.25) is 9.10 Å². The van der Waals surface area contributed by atoms with Crippen LogP contribution in [0.1, 0.15) is 50.7 Å². The zero-order chi connectivity index (χ0) is 24.9. The first-order chi connectivity index (χ1) is 16.1. The highest BCUT2D eigenvalue weighted by Crippen LogP contribution is 2.33. The van der Waals surface area contributed by atoms with E-state index in [9.17, 15) is 13.2 Å². The lowest BCUT2D eigenvalue weighted by Crippen LogP contribution is -2.38. The van der Waals surface area contributed by atoms with Crippen molar-refractivity contribution in [1.29, 1.82) is 0 Å². The molecule has 0 unspecified atom stereocenters. The molecule has 7 heteroatoms. The van der Waals surface area contributed by atoms with Crippen LogP contribution in [0.25, 0.3) is 0 Å². The molecule has 0 aromatic heterocycles. The number of para-hydroxylation sites is 1. The molecule has 0 fully saturated rings. The first kappa shape index (κ1) is 25.3. The highest BCUT2D eigenvalue weighted by Gasteiger charge is 2.28. The second-order valence-corrected chi connectivity index (χ2v) is 10.6. The van der Waals surface area contributed by atoms with Gasteiger partial charge in [-0.1, -0.05) is 64.1 Å². The van der Waals surface area contributed by atoms with E-state index < -0.39 is 15.9 Å². The number of anilines is 2. The van der Waals surface area contributed by atoms with Gasteiger partial charge in [0.1, 0.15) is 12.3 Å². The van der Waals surface area contributed by atoms with E-state index in [1.54, 1.807) is 49.6 Å². The number of benzene rings is 3. The Labute approximate surface area is 202 Å². The molecule has 0 radical (unpaired) electrons. The molecule has 3 aromatic carbocycles. The molecule has 0 atom stereocenters. The maximum Gasteiger partial charge on any atom is 0.264 e. The van der Waals surface area contributed by atoms with Crippen LogP contribution >= 0.6 is 0 Å². The van der Waals surface area contributed by atoms with Crippen LogP contribution in [0.5, 0.6) is 5.75 Å². The maximum atomic E-state index is 13.5. The van der Waals surface area contributed by atoms with E-state index in [-0.39, 0.29) is 23.3 Å². The highest BCUT2D eigenvalue weighted by atomic mass is 32.2. The van der Waals surface area contributed by atoms with E-state index in [0.717, 1.165) is 21.1 Å². The lowest BCUT2D eigenvalue weighted by molar-refractivity contribution is -0.114. The molecular formula is C27H32N2O4S. The number of carbonyl (C=O) groups excluding carboxylic acids is 1. The minimum absolute atomic E-state index is 0.115. The number of amides is 1. The molecule has 34 heavy (non-hydrogen) atoms. The average Bonchev–Trinajstić information content (AvgIpc) is 2.83. The summed E-state index contributed by atoms with van der Waals surface area (Å²) in [6.07, 6.45) is 0. The maximum absolute atomic E-state index is 13.5. The van der Waals surface area contributed by atoms with Gasteiger partial charge in [-0.2, -0.15) is 0 Å². The summed E-state index contributed by atoms with van der Waals surface area (Å²) in [5.41, 5.74) is 3.16. The summed E-state index contributed by atoms with van der Waals surface area (Å²) < 4.78 is 33.4. The fourth-order valence-corrected chi connectivity index (χ4v) is 5.23. The number of hydrogen-bond donors (Lipinski definition) is 1. The van der Waals surface area contributed by atoms with Crippen molar-refractivity contribution in [2.75, 3.05) is 23.3 Å². The van der Waals surface area contributed by atoms with E-state index in [2.05, 4.69) is 33.0 Å². The predicted octanol–water partition coefficient (Wildman–Crippen LogP) is 5.78. The molecule has 3 aromatic rings. The van der Waals surface area contributed by atoms with E-state index in [1.807, 2.05) is 18.2 Å². The summed E-state index contributed by atoms with van der Waals surface area (Å²) in [6.45, 7) is 7.90. The van der Waals surface area contributed by atoms with Gasteiger partial charge >= 0.3 is 0 Å². The number of carbonyl (C=O) groups is 1. The first-order valence-electron chi connectivity index (χ1n) is 11.3. The molecule has 3 rings (SSSR count). The molecule has 180 valence electrons. The molecular weight excluding hydrogens is 448 g/mol. The molecule has 1 amide bonds. The van der Waals surface area contributed by atoms with Crippen molar-refractivity contribution in [3.05, 3.63) is 83.9 Å². The molecule has 0 aliphatic heterocycles. The normalized spacial score (nSPS) is 11.5. The van der Waals surface area contributed by atoms with Gasteiger partial charge in [0.25, 0.3) is 10.0 Å². The summed E-state index contributed by atoms with van der Waals surface area (Å²) in [5.74, 6) is 0.572. The number of sulfonamides is 1. The van der Waals surface area contributed by atoms with Crippen LogP contribution in [0, 0.1) is 0 Å². The largest absolute Gasteiger partial charge is 0.497 e. The predicted molar refractivity (Wildman–Crippen MR) is 137 cm³/mol. The van der Waals surface area contributed by atoms with Crippen LogP contribution in [0.4, 0.5) is 11.4 Å². The number of nitrogens with one attached hydrogen (secondary N) is 1. The van der Waals surface area contributed by atoms with Crippen molar-refractivity contribution in [3.8, 4) is 5.75 Å². The molecule has 0 aliphatic carbocycles. The number of hydrogen-bond acceptors (Lipinski definition) is 4. The van der Waals surface area contributed by atoms with Crippen molar-refractivity contribution < 1.29 is 17.9 Å². The summed E-state index contributed by atoms with van der Waals surface area (Å²) in [7, 11) is -2.44. The fraction of sp³-hybridized carbons (Fsp3) is 0.296. The monoisotopic (exact) mass is 480 g/mol. The van der Waals surface area contributed by atoms with Crippen LogP contribution < -0.4 is 14.4 Å². The van der Waals surface area contributed by atoms with Gasteiger partial charge in [0, 0.05) is 5.69 Å². The Morgan fingerprint density at radius 2 is 1.41 bits per heavy atom. The Kier molecular flexibility index (Phi) is 7.99. The minimum atomic E-state index is -3.98. The summed E-state index contributed by atoms with van der Waals surface area (Å²) in [5, 5.41) is 3.02. The topological polar surface area (TPSA) is 75.7 Å². The number of methoxy groups -OCH3 is 1. The van der Waals surface area contributed by atoms with Crippen molar-refractivity contribution in [2.24, 2.45) is 0 Å². The minimum Gasteiger partial charge on any atom is -0.497 e. The summed E-state index contributed by atoms with van der Waals surface area (Å²) >= 11 is 0. The van der Waals surface area contributed by atoms with Gasteiger partial charge in [-0.05, 0) is 59.4 Å². The smallest absolute Gasteiger partial charge is 0.264 e. The zero-order valence-corrected chi connectivity index (χ0v) is 21.1. The van der Waals surface area contributed by atoms with Crippen LogP contribution in [0.2, 0.25) is 0 Å². The average molecular weight is 481 g/mol. The molecule has 0 bridgehead atoms. The molecule has 0 spiro atoms. The van der Waals surface area contributed by atoms with E-state index in [4.69, 9.17) is 4.74 Å². The Morgan fingerprint density at radius 3 is 1.91 bits per heavy atom. The number of ether oxygens (including phenoxy) is 1. The van der Waals surface area contributed by atoms with Gasteiger partial charge in [0.2, 0.25) is 5.91 Å². The highest BCUT2D eigenvalue weighted by molar-refractivity contribution is 7.92. The third kappa shape index (κ3) is 5.59. The molecule has 0 saturated carbocycles. The number of nitrogens with zero attached hydrogens (tertiary/aromatic N) is 1.